The summed E-state index contributed by atoms with van der Waals surface area (Å²) in [5.41, 5.74) is 0.406. The molecule has 1 saturated heterocycles. The van der Waals surface area contributed by atoms with Gasteiger partial charge in [-0.05, 0) is 16.7 Å². The Bertz CT molecular complexity index is 983. The highest BCUT2D eigenvalue weighted by molar-refractivity contribution is 5.85. The summed E-state index contributed by atoms with van der Waals surface area (Å²) in [6.07, 6.45) is 0. The van der Waals surface area contributed by atoms with E-state index >= 15 is 0 Å². The zero-order valence-corrected chi connectivity index (χ0v) is 20.2. The Morgan fingerprint density at radius 2 is 1.17 bits per heavy atom. The standard InChI is InChI=1S/C29H34N2O4/c32-28(29(33,26-12-6-2-7-13-26)27-14-8-3-9-15-27)35-23-21-31-18-16-30(17-19-31)20-22-34-24-25-10-4-1-5-11-25/h1-15,33H,16-24H2/p+2. The van der Waals surface area contributed by atoms with E-state index in [4.69, 9.17) is 9.47 Å². The number of carbonyl (C=O) groups excluding carboxylic acids is 1. The summed E-state index contributed by atoms with van der Waals surface area (Å²) < 4.78 is 11.5. The van der Waals surface area contributed by atoms with Gasteiger partial charge in [0.25, 0.3) is 0 Å². The van der Waals surface area contributed by atoms with Gasteiger partial charge in [-0.25, -0.2) is 4.79 Å². The lowest BCUT2D eigenvalue weighted by Crippen LogP contribution is -3.28. The van der Waals surface area contributed by atoms with E-state index < -0.39 is 11.6 Å². The highest BCUT2D eigenvalue weighted by Gasteiger charge is 2.41. The molecule has 3 aromatic rings. The highest BCUT2D eigenvalue weighted by atomic mass is 16.5. The average Bonchev–Trinajstić information content (AvgIpc) is 2.93. The van der Waals surface area contributed by atoms with Crippen LogP contribution in [0.15, 0.2) is 91.0 Å². The predicted octanol–water partition coefficient (Wildman–Crippen LogP) is 0.466. The van der Waals surface area contributed by atoms with Crippen LogP contribution in [0.25, 0.3) is 0 Å². The Labute approximate surface area is 207 Å². The van der Waals surface area contributed by atoms with Crippen molar-refractivity contribution in [3.63, 3.8) is 0 Å². The van der Waals surface area contributed by atoms with Crippen LogP contribution in [0.2, 0.25) is 0 Å². The van der Waals surface area contributed by atoms with Gasteiger partial charge in [-0.1, -0.05) is 91.0 Å². The Morgan fingerprint density at radius 3 is 1.69 bits per heavy atom. The van der Waals surface area contributed by atoms with Crippen LogP contribution in [-0.4, -0.2) is 63.6 Å². The van der Waals surface area contributed by atoms with Crippen molar-refractivity contribution in [3.8, 4) is 0 Å². The van der Waals surface area contributed by atoms with Crippen LogP contribution in [0.4, 0.5) is 0 Å². The van der Waals surface area contributed by atoms with Crippen molar-refractivity contribution >= 4 is 5.97 Å². The van der Waals surface area contributed by atoms with Crippen LogP contribution in [0.5, 0.6) is 0 Å². The van der Waals surface area contributed by atoms with Crippen LogP contribution in [0, 0.1) is 0 Å². The average molecular weight is 477 g/mol. The molecular weight excluding hydrogens is 440 g/mol. The van der Waals surface area contributed by atoms with Gasteiger partial charge in [-0.2, -0.15) is 0 Å². The van der Waals surface area contributed by atoms with Gasteiger partial charge >= 0.3 is 5.97 Å². The van der Waals surface area contributed by atoms with Gasteiger partial charge < -0.3 is 24.4 Å². The predicted molar refractivity (Wildman–Crippen MR) is 134 cm³/mol. The maximum atomic E-state index is 13.1. The second kappa shape index (κ2) is 12.6. The lowest BCUT2D eigenvalue weighted by atomic mass is 9.86. The largest absolute Gasteiger partial charge is 0.457 e. The van der Waals surface area contributed by atoms with Crippen LogP contribution < -0.4 is 9.80 Å². The molecule has 3 aromatic carbocycles. The molecular formula is C29H36N2O4+2. The van der Waals surface area contributed by atoms with Crippen molar-refractivity contribution in [2.75, 3.05) is 52.5 Å². The fraction of sp³-hybridized carbons (Fsp3) is 0.345. The van der Waals surface area contributed by atoms with E-state index in [0.717, 1.165) is 45.9 Å². The number of esters is 1. The third kappa shape index (κ3) is 6.77. The van der Waals surface area contributed by atoms with Crippen LogP contribution >= 0.6 is 0 Å². The van der Waals surface area contributed by atoms with Gasteiger partial charge in [0, 0.05) is 0 Å². The second-order valence-electron chi connectivity index (χ2n) is 9.12. The Balaban J connectivity index is 1.20. The molecule has 1 aliphatic rings. The normalized spacial score (nSPS) is 18.2. The molecule has 0 unspecified atom stereocenters. The zero-order chi connectivity index (χ0) is 24.3. The maximum absolute atomic E-state index is 13.1. The first kappa shape index (κ1) is 25.1. The number of quaternary nitrogens is 2. The van der Waals surface area contributed by atoms with Crippen LogP contribution in [0.3, 0.4) is 0 Å². The molecule has 1 heterocycles. The summed E-state index contributed by atoms with van der Waals surface area (Å²) >= 11 is 0. The molecule has 0 spiro atoms. The summed E-state index contributed by atoms with van der Waals surface area (Å²) in [7, 11) is 0. The van der Waals surface area contributed by atoms with Crippen molar-refractivity contribution < 1.29 is 29.2 Å². The number of benzene rings is 3. The van der Waals surface area contributed by atoms with Crippen LogP contribution in [-0.2, 0) is 26.5 Å². The first-order valence-corrected chi connectivity index (χ1v) is 12.5. The molecule has 0 saturated carbocycles. The van der Waals surface area contributed by atoms with E-state index in [1.165, 1.54) is 10.5 Å². The lowest BCUT2D eigenvalue weighted by Gasteiger charge is -2.30. The number of piperazine rings is 1. The fourth-order valence-corrected chi connectivity index (χ4v) is 4.59. The SMILES string of the molecule is O=C(OCC[NH+]1CC[NH+](CCOCc2ccccc2)CC1)C(O)(c1ccccc1)c1ccccc1. The molecule has 1 aliphatic heterocycles. The number of nitrogens with one attached hydrogen (secondary N) is 2. The third-order valence-electron chi connectivity index (χ3n) is 6.74. The second-order valence-corrected chi connectivity index (χ2v) is 9.12. The van der Waals surface area contributed by atoms with Crippen molar-refractivity contribution in [1.82, 2.24) is 0 Å². The molecule has 6 heteroatoms. The summed E-state index contributed by atoms with van der Waals surface area (Å²) in [6, 6.07) is 28.3. The van der Waals surface area contributed by atoms with Gasteiger partial charge in [0.05, 0.1) is 13.2 Å². The fourth-order valence-electron chi connectivity index (χ4n) is 4.59. The van der Waals surface area contributed by atoms with E-state index in [2.05, 4.69) is 12.1 Å². The van der Waals surface area contributed by atoms with Crippen molar-refractivity contribution in [3.05, 3.63) is 108 Å². The Morgan fingerprint density at radius 1 is 0.714 bits per heavy atom. The van der Waals surface area contributed by atoms with E-state index in [-0.39, 0.29) is 6.61 Å². The van der Waals surface area contributed by atoms with E-state index in [1.807, 2.05) is 54.6 Å². The number of ether oxygens (including phenoxy) is 2. The molecule has 3 N–H and O–H groups in total. The number of aliphatic hydroxyl groups is 1. The van der Waals surface area contributed by atoms with Crippen molar-refractivity contribution in [1.29, 1.82) is 0 Å². The van der Waals surface area contributed by atoms with Gasteiger partial charge in [0.1, 0.15) is 45.9 Å². The smallest absolute Gasteiger partial charge is 0.347 e. The number of carbonyl (C=O) groups is 1. The van der Waals surface area contributed by atoms with E-state index in [9.17, 15) is 9.90 Å². The topological polar surface area (TPSA) is 64.6 Å². The summed E-state index contributed by atoms with van der Waals surface area (Å²) in [4.78, 5) is 16.1. The lowest BCUT2D eigenvalue weighted by molar-refractivity contribution is -1.01. The highest BCUT2D eigenvalue weighted by Crippen LogP contribution is 2.30. The van der Waals surface area contributed by atoms with Gasteiger partial charge in [0.2, 0.25) is 5.60 Å². The molecule has 0 amide bonds. The number of rotatable bonds is 11. The molecule has 0 radical (unpaired) electrons. The molecule has 184 valence electrons. The molecule has 4 rings (SSSR count). The van der Waals surface area contributed by atoms with Crippen molar-refractivity contribution in [2.45, 2.75) is 12.2 Å². The third-order valence-corrected chi connectivity index (χ3v) is 6.74. The molecule has 6 nitrogen and oxygen atoms in total. The molecule has 35 heavy (non-hydrogen) atoms. The number of hydrogen-bond donors (Lipinski definition) is 3. The van der Waals surface area contributed by atoms with E-state index in [0.29, 0.717) is 17.7 Å². The maximum Gasteiger partial charge on any atom is 0.347 e. The van der Waals surface area contributed by atoms with Crippen LogP contribution in [0.1, 0.15) is 16.7 Å². The zero-order valence-electron chi connectivity index (χ0n) is 20.2. The molecule has 0 aliphatic carbocycles. The summed E-state index contributed by atoms with van der Waals surface area (Å²) in [6.45, 7) is 7.68. The first-order chi connectivity index (χ1) is 17.2. The first-order valence-electron chi connectivity index (χ1n) is 12.5. The number of hydrogen-bond acceptors (Lipinski definition) is 4. The van der Waals surface area contributed by atoms with Crippen molar-refractivity contribution in [2.24, 2.45) is 0 Å². The molecule has 0 bridgehead atoms. The molecule has 1 fully saturated rings. The Hall–Kier alpha value is -3.03. The van der Waals surface area contributed by atoms with Gasteiger partial charge in [-0.3, -0.25) is 0 Å². The quantitative estimate of drug-likeness (QED) is 0.278. The summed E-state index contributed by atoms with van der Waals surface area (Å²) in [5.74, 6) is -0.630. The van der Waals surface area contributed by atoms with Gasteiger partial charge in [-0.15, -0.1) is 0 Å². The minimum atomic E-state index is -1.82. The molecule has 0 atom stereocenters. The van der Waals surface area contributed by atoms with Gasteiger partial charge in [0.15, 0.2) is 0 Å². The minimum Gasteiger partial charge on any atom is -0.457 e. The monoisotopic (exact) mass is 476 g/mol. The summed E-state index contributed by atoms with van der Waals surface area (Å²) in [5, 5.41) is 11.5. The minimum absolute atomic E-state index is 0.283. The van der Waals surface area contributed by atoms with E-state index in [1.54, 1.807) is 29.2 Å². The Kier molecular flexibility index (Phi) is 9.03. The molecule has 0 aromatic heterocycles.